The van der Waals surface area contributed by atoms with Crippen molar-refractivity contribution >= 4 is 11.6 Å². The molecule has 2 rings (SSSR count). The Balaban J connectivity index is 2.16. The lowest BCUT2D eigenvalue weighted by Crippen LogP contribution is -2.03. The van der Waals surface area contributed by atoms with Crippen molar-refractivity contribution in [3.63, 3.8) is 0 Å². The molecule has 0 radical (unpaired) electrons. The van der Waals surface area contributed by atoms with Crippen LogP contribution in [0.3, 0.4) is 0 Å². The van der Waals surface area contributed by atoms with Crippen molar-refractivity contribution in [2.24, 2.45) is 0 Å². The first-order valence-electron chi connectivity index (χ1n) is 5.36. The monoisotopic (exact) mass is 248 g/mol. The van der Waals surface area contributed by atoms with Gasteiger partial charge in [0.05, 0.1) is 12.3 Å². The Hall–Kier alpha value is -1.45. The Kier molecular flexibility index (Phi) is 3.71. The van der Waals surface area contributed by atoms with E-state index >= 15 is 0 Å². The molecule has 0 fully saturated rings. The Morgan fingerprint density at radius 3 is 2.76 bits per heavy atom. The van der Waals surface area contributed by atoms with Gasteiger partial charge in [0.25, 0.3) is 0 Å². The van der Waals surface area contributed by atoms with Gasteiger partial charge < -0.3 is 5.11 Å². The molecule has 2 aromatic rings. The molecule has 3 nitrogen and oxygen atoms in total. The minimum atomic E-state index is -0.606. The van der Waals surface area contributed by atoms with Crippen molar-refractivity contribution in [3.05, 3.63) is 58.4 Å². The summed E-state index contributed by atoms with van der Waals surface area (Å²) in [5.74, 6) is 0. The smallest absolute Gasteiger partial charge is 0.0846 e. The van der Waals surface area contributed by atoms with Crippen LogP contribution in [-0.4, -0.2) is 15.3 Å². The molecule has 1 aromatic carbocycles. The van der Waals surface area contributed by atoms with Gasteiger partial charge in [-0.2, -0.15) is 10.2 Å². The van der Waals surface area contributed by atoms with Gasteiger partial charge in [-0.25, -0.2) is 0 Å². The number of rotatable bonds is 3. The van der Waals surface area contributed by atoms with Crippen LogP contribution < -0.4 is 0 Å². The molecule has 0 saturated heterocycles. The van der Waals surface area contributed by atoms with E-state index in [2.05, 4.69) is 10.2 Å². The fourth-order valence-electron chi connectivity index (χ4n) is 1.64. The van der Waals surface area contributed by atoms with Crippen LogP contribution in [0.4, 0.5) is 0 Å². The number of nitrogens with zero attached hydrogens (tertiary/aromatic N) is 2. The van der Waals surface area contributed by atoms with E-state index in [4.69, 9.17) is 11.6 Å². The van der Waals surface area contributed by atoms with Gasteiger partial charge in [0, 0.05) is 23.2 Å². The molecular weight excluding hydrogens is 236 g/mol. The van der Waals surface area contributed by atoms with Crippen LogP contribution in [0.25, 0.3) is 0 Å². The van der Waals surface area contributed by atoms with E-state index in [1.54, 1.807) is 18.5 Å². The van der Waals surface area contributed by atoms with E-state index in [1.165, 1.54) is 0 Å². The molecule has 1 heterocycles. The first kappa shape index (κ1) is 12.0. The number of aromatic nitrogens is 2. The summed E-state index contributed by atoms with van der Waals surface area (Å²) in [6.07, 6.45) is 3.00. The lowest BCUT2D eigenvalue weighted by atomic mass is 10.0. The van der Waals surface area contributed by atoms with Crippen LogP contribution in [0.2, 0.25) is 5.02 Å². The highest BCUT2D eigenvalue weighted by Gasteiger charge is 2.11. The number of aryl methyl sites for hydroxylation is 1. The minimum absolute atomic E-state index is 0.477. The third kappa shape index (κ3) is 3.02. The van der Waals surface area contributed by atoms with Crippen molar-refractivity contribution in [3.8, 4) is 0 Å². The summed E-state index contributed by atoms with van der Waals surface area (Å²) < 4.78 is 0. The van der Waals surface area contributed by atoms with Crippen LogP contribution in [0.15, 0.2) is 36.7 Å². The quantitative estimate of drug-likeness (QED) is 0.909. The van der Waals surface area contributed by atoms with Gasteiger partial charge in [-0.15, -0.1) is 0 Å². The van der Waals surface area contributed by atoms with E-state index in [0.717, 1.165) is 16.7 Å². The van der Waals surface area contributed by atoms with Gasteiger partial charge >= 0.3 is 0 Å². The van der Waals surface area contributed by atoms with Gasteiger partial charge in [-0.3, -0.25) is 0 Å². The molecule has 4 heteroatoms. The average molecular weight is 249 g/mol. The highest BCUT2D eigenvalue weighted by molar-refractivity contribution is 6.31. The summed E-state index contributed by atoms with van der Waals surface area (Å²) in [6.45, 7) is 1.98. The van der Waals surface area contributed by atoms with Crippen molar-refractivity contribution in [1.82, 2.24) is 10.2 Å². The molecule has 1 aromatic heterocycles. The largest absolute Gasteiger partial charge is 0.388 e. The molecule has 0 bridgehead atoms. The van der Waals surface area contributed by atoms with Crippen molar-refractivity contribution < 1.29 is 5.11 Å². The van der Waals surface area contributed by atoms with Crippen LogP contribution in [0, 0.1) is 6.92 Å². The van der Waals surface area contributed by atoms with Crippen molar-refractivity contribution in [1.29, 1.82) is 0 Å². The van der Waals surface area contributed by atoms with Crippen LogP contribution in [-0.2, 0) is 6.42 Å². The van der Waals surface area contributed by atoms with Crippen molar-refractivity contribution in [2.75, 3.05) is 0 Å². The first-order valence-corrected chi connectivity index (χ1v) is 5.74. The fraction of sp³-hybridized carbons (Fsp3) is 0.231. The maximum absolute atomic E-state index is 10.0. The highest BCUT2D eigenvalue weighted by Crippen LogP contribution is 2.23. The maximum atomic E-state index is 10.0. The van der Waals surface area contributed by atoms with Crippen molar-refractivity contribution in [2.45, 2.75) is 19.4 Å². The van der Waals surface area contributed by atoms with E-state index in [9.17, 15) is 5.11 Å². The number of halogens is 1. The highest BCUT2D eigenvalue weighted by atomic mass is 35.5. The van der Waals surface area contributed by atoms with Crippen LogP contribution in [0.5, 0.6) is 0 Å². The maximum Gasteiger partial charge on any atom is 0.0846 e. The fourth-order valence-corrected chi connectivity index (χ4v) is 1.95. The SMILES string of the molecule is Cc1ccc(CC(O)c2ccnnc2)c(Cl)c1. The molecule has 0 saturated carbocycles. The summed E-state index contributed by atoms with van der Waals surface area (Å²) in [6, 6.07) is 7.57. The Bertz CT molecular complexity index is 502. The van der Waals surface area contributed by atoms with Gasteiger partial charge in [-0.1, -0.05) is 23.7 Å². The lowest BCUT2D eigenvalue weighted by molar-refractivity contribution is 0.178. The predicted octanol–water partition coefficient (Wildman–Crippen LogP) is 2.71. The van der Waals surface area contributed by atoms with Gasteiger partial charge in [0.15, 0.2) is 0 Å². The second kappa shape index (κ2) is 5.25. The molecular formula is C13H13ClN2O. The third-order valence-corrected chi connectivity index (χ3v) is 2.97. The lowest BCUT2D eigenvalue weighted by Gasteiger charge is -2.11. The number of aliphatic hydroxyl groups excluding tert-OH is 1. The second-order valence-electron chi connectivity index (χ2n) is 3.99. The molecule has 1 atom stereocenters. The molecule has 0 spiro atoms. The van der Waals surface area contributed by atoms with E-state index in [-0.39, 0.29) is 0 Å². The van der Waals surface area contributed by atoms with Gasteiger partial charge in [0.2, 0.25) is 0 Å². The number of benzene rings is 1. The number of hydrogen-bond donors (Lipinski definition) is 1. The molecule has 0 aliphatic carbocycles. The molecule has 0 aliphatic rings. The average Bonchev–Trinajstić information content (AvgIpc) is 2.34. The zero-order valence-corrected chi connectivity index (χ0v) is 10.2. The van der Waals surface area contributed by atoms with Gasteiger partial charge in [0.1, 0.15) is 0 Å². The molecule has 0 amide bonds. The van der Waals surface area contributed by atoms with E-state index in [0.29, 0.717) is 11.4 Å². The Morgan fingerprint density at radius 2 is 2.12 bits per heavy atom. The molecule has 1 unspecified atom stereocenters. The van der Waals surface area contributed by atoms with Crippen LogP contribution in [0.1, 0.15) is 22.8 Å². The van der Waals surface area contributed by atoms with E-state index in [1.807, 2.05) is 25.1 Å². The topological polar surface area (TPSA) is 46.0 Å². The normalized spacial score (nSPS) is 12.4. The molecule has 0 aliphatic heterocycles. The first-order chi connectivity index (χ1) is 8.16. The summed E-state index contributed by atoms with van der Waals surface area (Å²) in [5, 5.41) is 18.1. The zero-order valence-electron chi connectivity index (χ0n) is 9.47. The summed E-state index contributed by atoms with van der Waals surface area (Å²) in [4.78, 5) is 0. The minimum Gasteiger partial charge on any atom is -0.388 e. The summed E-state index contributed by atoms with van der Waals surface area (Å²) in [7, 11) is 0. The zero-order chi connectivity index (χ0) is 12.3. The Morgan fingerprint density at radius 1 is 1.29 bits per heavy atom. The van der Waals surface area contributed by atoms with Gasteiger partial charge in [-0.05, 0) is 30.2 Å². The molecule has 1 N–H and O–H groups in total. The molecule has 88 valence electrons. The van der Waals surface area contributed by atoms with Crippen LogP contribution >= 0.6 is 11.6 Å². The summed E-state index contributed by atoms with van der Waals surface area (Å²) in [5.41, 5.74) is 2.79. The number of aliphatic hydroxyl groups is 1. The number of hydrogen-bond acceptors (Lipinski definition) is 3. The van der Waals surface area contributed by atoms with E-state index < -0.39 is 6.10 Å². The second-order valence-corrected chi connectivity index (χ2v) is 4.40. The Labute approximate surface area is 105 Å². The molecule has 17 heavy (non-hydrogen) atoms. The standard InChI is InChI=1S/C13H13ClN2O/c1-9-2-3-10(12(14)6-9)7-13(17)11-4-5-15-16-8-11/h2-6,8,13,17H,7H2,1H3. The summed E-state index contributed by atoms with van der Waals surface area (Å²) >= 11 is 6.12. The third-order valence-electron chi connectivity index (χ3n) is 2.61. The predicted molar refractivity (Wildman–Crippen MR) is 66.9 cm³/mol.